The van der Waals surface area contributed by atoms with Crippen LogP contribution in [0.3, 0.4) is 0 Å². The molecular formula is C12H15NO4. The van der Waals surface area contributed by atoms with Crippen LogP contribution in [0.2, 0.25) is 0 Å². The van der Waals surface area contributed by atoms with Crippen molar-refractivity contribution >= 4 is 17.6 Å². The minimum atomic E-state index is -1.09. The predicted octanol–water partition coefficient (Wildman–Crippen LogP) is 1.92. The lowest BCUT2D eigenvalue weighted by Gasteiger charge is -2.20. The van der Waals surface area contributed by atoms with E-state index in [-0.39, 0.29) is 16.8 Å². The Morgan fingerprint density at radius 2 is 1.88 bits per heavy atom. The largest absolute Gasteiger partial charge is 0.478 e. The number of nitrogen functional groups attached to an aromatic ring is 1. The molecule has 17 heavy (non-hydrogen) atoms. The fraction of sp³-hybridized carbons (Fsp3) is 0.333. The summed E-state index contributed by atoms with van der Waals surface area (Å²) in [6.07, 6.45) is 0. The van der Waals surface area contributed by atoms with Crippen molar-refractivity contribution in [3.05, 3.63) is 29.3 Å². The Balaban J connectivity index is 3.00. The summed E-state index contributed by atoms with van der Waals surface area (Å²) in [6, 6.07) is 3.91. The van der Waals surface area contributed by atoms with Gasteiger partial charge in [-0.3, -0.25) is 0 Å². The van der Waals surface area contributed by atoms with E-state index in [2.05, 4.69) is 0 Å². The van der Waals surface area contributed by atoms with Crippen molar-refractivity contribution in [2.24, 2.45) is 0 Å². The number of aromatic carboxylic acids is 1. The number of carbonyl (C=O) groups excluding carboxylic acids is 1. The van der Waals surface area contributed by atoms with E-state index in [0.717, 1.165) is 0 Å². The number of anilines is 1. The normalized spacial score (nSPS) is 11.0. The zero-order valence-electron chi connectivity index (χ0n) is 9.98. The van der Waals surface area contributed by atoms with Crippen LogP contribution in [0.1, 0.15) is 41.5 Å². The van der Waals surface area contributed by atoms with E-state index in [1.54, 1.807) is 20.8 Å². The van der Waals surface area contributed by atoms with Crippen LogP contribution < -0.4 is 5.73 Å². The van der Waals surface area contributed by atoms with Crippen LogP contribution in [-0.2, 0) is 4.74 Å². The Hall–Kier alpha value is -2.04. The molecule has 1 aromatic rings. The summed E-state index contributed by atoms with van der Waals surface area (Å²) in [7, 11) is 0. The van der Waals surface area contributed by atoms with Crippen molar-refractivity contribution in [3.63, 3.8) is 0 Å². The fourth-order valence-electron chi connectivity index (χ4n) is 1.21. The van der Waals surface area contributed by atoms with Gasteiger partial charge in [0, 0.05) is 5.69 Å². The number of nitrogens with two attached hydrogens (primary N) is 1. The number of esters is 1. The van der Waals surface area contributed by atoms with Crippen LogP contribution in [0, 0.1) is 0 Å². The Bertz CT molecular complexity index is 460. The standard InChI is InChI=1S/C12H15NO4/c1-12(2,3)17-11(16)8-5-4-7(10(14)15)6-9(8)13/h4-6H,13H2,1-3H3,(H,14,15). The van der Waals surface area contributed by atoms with E-state index in [9.17, 15) is 9.59 Å². The zero-order valence-corrected chi connectivity index (χ0v) is 9.98. The molecule has 0 heterocycles. The van der Waals surface area contributed by atoms with Crippen molar-refractivity contribution in [2.75, 3.05) is 5.73 Å². The molecule has 3 N–H and O–H groups in total. The molecule has 5 nitrogen and oxygen atoms in total. The average molecular weight is 237 g/mol. The molecule has 1 aromatic carbocycles. The van der Waals surface area contributed by atoms with E-state index in [1.807, 2.05) is 0 Å². The highest BCUT2D eigenvalue weighted by atomic mass is 16.6. The topological polar surface area (TPSA) is 89.6 Å². The number of hydrogen-bond acceptors (Lipinski definition) is 4. The molecule has 0 unspecified atom stereocenters. The second-order valence-electron chi connectivity index (χ2n) is 4.61. The third kappa shape index (κ3) is 3.48. The molecule has 0 fully saturated rings. The highest BCUT2D eigenvalue weighted by Crippen LogP contribution is 2.18. The molecule has 0 radical (unpaired) electrons. The van der Waals surface area contributed by atoms with Gasteiger partial charge in [-0.25, -0.2) is 9.59 Å². The first-order valence-electron chi connectivity index (χ1n) is 5.07. The maximum absolute atomic E-state index is 11.7. The fourth-order valence-corrected chi connectivity index (χ4v) is 1.21. The first-order chi connectivity index (χ1) is 7.70. The molecule has 0 amide bonds. The van der Waals surface area contributed by atoms with Crippen molar-refractivity contribution in [3.8, 4) is 0 Å². The van der Waals surface area contributed by atoms with Gasteiger partial charge in [-0.1, -0.05) is 0 Å². The van der Waals surface area contributed by atoms with Gasteiger partial charge in [-0.2, -0.15) is 0 Å². The summed E-state index contributed by atoms with van der Waals surface area (Å²) in [4.78, 5) is 22.4. The SMILES string of the molecule is CC(C)(C)OC(=O)c1ccc(C(=O)O)cc1N. The van der Waals surface area contributed by atoms with Crippen LogP contribution >= 0.6 is 0 Å². The summed E-state index contributed by atoms with van der Waals surface area (Å²) in [5.74, 6) is -1.65. The number of carboxylic acid groups (broad SMARTS) is 1. The molecule has 0 aliphatic heterocycles. The van der Waals surface area contributed by atoms with Crippen LogP contribution in [-0.4, -0.2) is 22.6 Å². The number of carboxylic acids is 1. The molecule has 0 aliphatic rings. The lowest BCUT2D eigenvalue weighted by molar-refractivity contribution is 0.00704. The van der Waals surface area contributed by atoms with Gasteiger partial charge in [-0.15, -0.1) is 0 Å². The van der Waals surface area contributed by atoms with Crippen molar-refractivity contribution in [1.82, 2.24) is 0 Å². The van der Waals surface area contributed by atoms with Gasteiger partial charge < -0.3 is 15.6 Å². The predicted molar refractivity (Wildman–Crippen MR) is 63.0 cm³/mol. The minimum absolute atomic E-state index is 0.0369. The van der Waals surface area contributed by atoms with Crippen molar-refractivity contribution < 1.29 is 19.4 Å². The summed E-state index contributed by atoms with van der Waals surface area (Å²) < 4.78 is 5.14. The molecule has 0 aromatic heterocycles. The van der Waals surface area contributed by atoms with Crippen LogP contribution in [0.25, 0.3) is 0 Å². The monoisotopic (exact) mass is 237 g/mol. The Morgan fingerprint density at radius 1 is 1.29 bits per heavy atom. The number of carbonyl (C=O) groups is 2. The molecule has 0 saturated carbocycles. The number of ether oxygens (including phenoxy) is 1. The molecule has 0 saturated heterocycles. The van der Waals surface area contributed by atoms with Crippen molar-refractivity contribution in [1.29, 1.82) is 0 Å². The first kappa shape index (κ1) is 13.0. The second-order valence-corrected chi connectivity index (χ2v) is 4.61. The van der Waals surface area contributed by atoms with Gasteiger partial charge in [0.15, 0.2) is 0 Å². The molecular weight excluding hydrogens is 222 g/mol. The quantitative estimate of drug-likeness (QED) is 0.605. The zero-order chi connectivity index (χ0) is 13.2. The minimum Gasteiger partial charge on any atom is -0.478 e. The molecule has 0 bridgehead atoms. The third-order valence-corrected chi connectivity index (χ3v) is 1.92. The molecule has 1 rings (SSSR count). The van der Waals surface area contributed by atoms with E-state index in [1.165, 1.54) is 18.2 Å². The Kier molecular flexibility index (Phi) is 3.41. The van der Waals surface area contributed by atoms with Crippen LogP contribution in [0.5, 0.6) is 0 Å². The summed E-state index contributed by atoms with van der Waals surface area (Å²) in [5.41, 5.74) is 5.30. The van der Waals surface area contributed by atoms with E-state index in [4.69, 9.17) is 15.6 Å². The maximum atomic E-state index is 11.7. The lowest BCUT2D eigenvalue weighted by Crippen LogP contribution is -2.24. The molecule has 5 heteroatoms. The maximum Gasteiger partial charge on any atom is 0.340 e. The van der Waals surface area contributed by atoms with E-state index < -0.39 is 17.5 Å². The number of hydrogen-bond donors (Lipinski definition) is 2. The summed E-state index contributed by atoms with van der Waals surface area (Å²) in [5, 5.41) is 8.75. The number of benzene rings is 1. The van der Waals surface area contributed by atoms with E-state index in [0.29, 0.717) is 0 Å². The summed E-state index contributed by atoms with van der Waals surface area (Å²) in [6.45, 7) is 5.23. The highest BCUT2D eigenvalue weighted by Gasteiger charge is 2.20. The van der Waals surface area contributed by atoms with Crippen molar-refractivity contribution in [2.45, 2.75) is 26.4 Å². The molecule has 0 atom stereocenters. The van der Waals surface area contributed by atoms with Crippen LogP contribution in [0.15, 0.2) is 18.2 Å². The number of rotatable bonds is 2. The first-order valence-corrected chi connectivity index (χ1v) is 5.07. The van der Waals surface area contributed by atoms with Gasteiger partial charge in [0.25, 0.3) is 0 Å². The van der Waals surface area contributed by atoms with Gasteiger partial charge in [0.1, 0.15) is 5.60 Å². The van der Waals surface area contributed by atoms with Gasteiger partial charge >= 0.3 is 11.9 Å². The Labute approximate surface area is 99.2 Å². The lowest BCUT2D eigenvalue weighted by atomic mass is 10.1. The van der Waals surface area contributed by atoms with Gasteiger partial charge in [0.05, 0.1) is 11.1 Å². The second kappa shape index (κ2) is 4.45. The van der Waals surface area contributed by atoms with Gasteiger partial charge in [-0.05, 0) is 39.0 Å². The smallest absolute Gasteiger partial charge is 0.340 e. The van der Waals surface area contributed by atoms with Gasteiger partial charge in [0.2, 0.25) is 0 Å². The highest BCUT2D eigenvalue weighted by molar-refractivity contribution is 5.98. The average Bonchev–Trinajstić information content (AvgIpc) is 2.14. The summed E-state index contributed by atoms with van der Waals surface area (Å²) >= 11 is 0. The van der Waals surface area contributed by atoms with Crippen LogP contribution in [0.4, 0.5) is 5.69 Å². The third-order valence-electron chi connectivity index (χ3n) is 1.92. The molecule has 92 valence electrons. The van der Waals surface area contributed by atoms with E-state index >= 15 is 0 Å². The molecule has 0 spiro atoms. The Morgan fingerprint density at radius 3 is 2.29 bits per heavy atom. The molecule has 0 aliphatic carbocycles.